The van der Waals surface area contributed by atoms with Crippen molar-refractivity contribution in [1.29, 1.82) is 0 Å². The van der Waals surface area contributed by atoms with Crippen LogP contribution in [0, 0.1) is 12.8 Å². The Morgan fingerprint density at radius 1 is 1.29 bits per heavy atom. The maximum Gasteiger partial charge on any atom is 0.0708 e. The molecular formula is C20H26N2O2. The molecule has 24 heavy (non-hydrogen) atoms. The Morgan fingerprint density at radius 3 is 3.04 bits per heavy atom. The zero-order chi connectivity index (χ0) is 16.5. The number of benzene rings is 1. The summed E-state index contributed by atoms with van der Waals surface area (Å²) in [4.78, 5) is 7.20. The summed E-state index contributed by atoms with van der Waals surface area (Å²) in [5.41, 5.74) is 3.49. The number of hydrogen-bond acceptors (Lipinski definition) is 4. The summed E-state index contributed by atoms with van der Waals surface area (Å²) >= 11 is 0. The van der Waals surface area contributed by atoms with E-state index in [-0.39, 0.29) is 12.0 Å². The highest BCUT2D eigenvalue weighted by molar-refractivity contribution is 5.82. The highest BCUT2D eigenvalue weighted by Gasteiger charge is 2.37. The first kappa shape index (κ1) is 16.0. The van der Waals surface area contributed by atoms with Crippen LogP contribution in [0.15, 0.2) is 30.3 Å². The molecule has 128 valence electrons. The van der Waals surface area contributed by atoms with E-state index in [0.29, 0.717) is 19.3 Å². The monoisotopic (exact) mass is 326 g/mol. The van der Waals surface area contributed by atoms with Gasteiger partial charge in [0.1, 0.15) is 0 Å². The molecule has 0 amide bonds. The number of fused-ring (bicyclic) bond motifs is 1. The highest BCUT2D eigenvalue weighted by Crippen LogP contribution is 2.32. The largest absolute Gasteiger partial charge is 0.393 e. The summed E-state index contributed by atoms with van der Waals surface area (Å²) in [7, 11) is 0. The predicted molar refractivity (Wildman–Crippen MR) is 94.8 cm³/mol. The summed E-state index contributed by atoms with van der Waals surface area (Å²) in [6.07, 6.45) is 2.91. The second-order valence-electron chi connectivity index (χ2n) is 7.21. The summed E-state index contributed by atoms with van der Waals surface area (Å²) in [6, 6.07) is 11.0. The molecule has 0 spiro atoms. The fourth-order valence-corrected chi connectivity index (χ4v) is 4.39. The van der Waals surface area contributed by atoms with Crippen molar-refractivity contribution < 1.29 is 9.84 Å². The topological polar surface area (TPSA) is 45.6 Å². The maximum atomic E-state index is 10.4. The normalized spacial score (nSPS) is 28.5. The van der Waals surface area contributed by atoms with Gasteiger partial charge in [0.25, 0.3) is 0 Å². The lowest BCUT2D eigenvalue weighted by atomic mass is 9.89. The predicted octanol–water partition coefficient (Wildman–Crippen LogP) is 2.91. The Bertz CT molecular complexity index is 718. The zero-order valence-electron chi connectivity index (χ0n) is 14.3. The van der Waals surface area contributed by atoms with Crippen LogP contribution in [0.4, 0.5) is 0 Å². The average Bonchev–Trinajstić information content (AvgIpc) is 3.03. The summed E-state index contributed by atoms with van der Waals surface area (Å²) in [5.74, 6) is 0.246. The van der Waals surface area contributed by atoms with Gasteiger partial charge in [0.05, 0.1) is 18.2 Å². The van der Waals surface area contributed by atoms with Gasteiger partial charge in [-0.05, 0) is 50.4 Å². The number of para-hydroxylation sites is 1. The molecule has 0 radical (unpaired) electrons. The lowest BCUT2D eigenvalue weighted by molar-refractivity contribution is -0.0635. The van der Waals surface area contributed by atoms with Gasteiger partial charge in [0.15, 0.2) is 0 Å². The van der Waals surface area contributed by atoms with Crippen LogP contribution < -0.4 is 0 Å². The van der Waals surface area contributed by atoms with Gasteiger partial charge < -0.3 is 9.84 Å². The molecule has 1 aromatic carbocycles. The number of aliphatic hydroxyl groups excluding tert-OH is 1. The van der Waals surface area contributed by atoms with Crippen molar-refractivity contribution in [2.24, 2.45) is 5.92 Å². The highest BCUT2D eigenvalue weighted by atomic mass is 16.5. The third-order valence-electron chi connectivity index (χ3n) is 5.57. The first-order chi connectivity index (χ1) is 11.7. The van der Waals surface area contributed by atoms with Gasteiger partial charge in [-0.1, -0.05) is 18.2 Å². The summed E-state index contributed by atoms with van der Waals surface area (Å²) in [6.45, 7) is 5.48. The quantitative estimate of drug-likeness (QED) is 0.942. The van der Waals surface area contributed by atoms with Gasteiger partial charge in [-0.2, -0.15) is 0 Å². The van der Waals surface area contributed by atoms with E-state index in [9.17, 15) is 5.11 Å². The molecule has 0 saturated carbocycles. The number of hydrogen-bond donors (Lipinski definition) is 1. The lowest BCUT2D eigenvalue weighted by Crippen LogP contribution is -2.45. The second kappa shape index (κ2) is 6.79. The minimum absolute atomic E-state index is 0.222. The molecule has 4 heteroatoms. The van der Waals surface area contributed by atoms with E-state index in [1.807, 2.05) is 6.07 Å². The minimum Gasteiger partial charge on any atom is -0.393 e. The van der Waals surface area contributed by atoms with Gasteiger partial charge in [-0.3, -0.25) is 9.88 Å². The maximum absolute atomic E-state index is 10.4. The van der Waals surface area contributed by atoms with Crippen LogP contribution in [0.5, 0.6) is 0 Å². The fourth-order valence-electron chi connectivity index (χ4n) is 4.39. The Balaban J connectivity index is 1.60. The lowest BCUT2D eigenvalue weighted by Gasteiger charge is -2.37. The number of pyridine rings is 1. The summed E-state index contributed by atoms with van der Waals surface area (Å²) < 4.78 is 5.66. The Labute approximate surface area is 143 Å². The average molecular weight is 326 g/mol. The van der Waals surface area contributed by atoms with Crippen LogP contribution in [0.3, 0.4) is 0 Å². The number of likely N-dealkylation sites (tertiary alicyclic amines) is 1. The van der Waals surface area contributed by atoms with E-state index in [4.69, 9.17) is 4.74 Å². The van der Waals surface area contributed by atoms with Gasteiger partial charge in [-0.25, -0.2) is 0 Å². The van der Waals surface area contributed by atoms with Crippen molar-refractivity contribution in [3.8, 4) is 0 Å². The van der Waals surface area contributed by atoms with Crippen molar-refractivity contribution >= 4 is 10.9 Å². The smallest absolute Gasteiger partial charge is 0.0708 e. The number of rotatable bonds is 3. The number of aryl methyl sites for hydroxylation is 1. The molecule has 0 aliphatic carbocycles. The third-order valence-corrected chi connectivity index (χ3v) is 5.57. The van der Waals surface area contributed by atoms with E-state index in [1.54, 1.807) is 0 Å². The molecular weight excluding hydrogens is 300 g/mol. The van der Waals surface area contributed by atoms with Crippen LogP contribution in [0.25, 0.3) is 10.9 Å². The molecule has 4 nitrogen and oxygen atoms in total. The Morgan fingerprint density at radius 2 is 2.17 bits per heavy atom. The Kier molecular flexibility index (Phi) is 4.53. The van der Waals surface area contributed by atoms with E-state index in [0.717, 1.165) is 37.1 Å². The van der Waals surface area contributed by atoms with Gasteiger partial charge in [0.2, 0.25) is 0 Å². The molecule has 1 aromatic heterocycles. The van der Waals surface area contributed by atoms with E-state index in [2.05, 4.69) is 41.1 Å². The van der Waals surface area contributed by atoms with Gasteiger partial charge in [-0.15, -0.1) is 0 Å². The van der Waals surface area contributed by atoms with Crippen molar-refractivity contribution in [3.63, 3.8) is 0 Å². The van der Waals surface area contributed by atoms with Crippen molar-refractivity contribution in [2.45, 2.75) is 44.9 Å². The van der Waals surface area contributed by atoms with Crippen LogP contribution in [-0.2, 0) is 11.3 Å². The van der Waals surface area contributed by atoms with Crippen LogP contribution >= 0.6 is 0 Å². The summed E-state index contributed by atoms with van der Waals surface area (Å²) in [5, 5.41) is 11.7. The molecule has 3 heterocycles. The van der Waals surface area contributed by atoms with Crippen LogP contribution in [0.1, 0.15) is 30.5 Å². The van der Waals surface area contributed by atoms with Crippen molar-refractivity contribution in [2.75, 3.05) is 19.8 Å². The molecule has 2 aliphatic rings. The molecule has 2 saturated heterocycles. The van der Waals surface area contributed by atoms with Crippen molar-refractivity contribution in [3.05, 3.63) is 41.6 Å². The van der Waals surface area contributed by atoms with E-state index in [1.165, 1.54) is 17.4 Å². The number of nitrogens with zero attached hydrogens (tertiary/aromatic N) is 2. The number of ether oxygens (including phenoxy) is 1. The standard InChI is InChI=1S/C20H26N2O2/c1-14-11-15(16-5-2-3-6-18(16)21-14)12-22-9-4-7-19(22)17-13-24-10-8-20(17)23/h2-3,5-6,11,17,19-20,23H,4,7-10,12-13H2,1H3/t17-,19+,20+/m0/s1. The molecule has 0 unspecified atom stereocenters. The first-order valence-corrected chi connectivity index (χ1v) is 9.07. The van der Waals surface area contributed by atoms with E-state index < -0.39 is 0 Å². The van der Waals surface area contributed by atoms with Gasteiger partial charge >= 0.3 is 0 Å². The zero-order valence-corrected chi connectivity index (χ0v) is 14.3. The van der Waals surface area contributed by atoms with E-state index >= 15 is 0 Å². The molecule has 0 bridgehead atoms. The molecule has 2 aliphatic heterocycles. The molecule has 2 fully saturated rings. The van der Waals surface area contributed by atoms with Crippen molar-refractivity contribution in [1.82, 2.24) is 9.88 Å². The molecule has 1 N–H and O–H groups in total. The minimum atomic E-state index is -0.222. The molecule has 4 rings (SSSR count). The number of aromatic nitrogens is 1. The second-order valence-corrected chi connectivity index (χ2v) is 7.21. The third kappa shape index (κ3) is 3.06. The fraction of sp³-hybridized carbons (Fsp3) is 0.550. The van der Waals surface area contributed by atoms with Crippen LogP contribution in [0.2, 0.25) is 0 Å². The molecule has 3 atom stereocenters. The first-order valence-electron chi connectivity index (χ1n) is 9.07. The molecule has 2 aromatic rings. The van der Waals surface area contributed by atoms with Crippen LogP contribution in [-0.4, -0.2) is 46.9 Å². The van der Waals surface area contributed by atoms with Gasteiger partial charge in [0, 0.05) is 36.2 Å². The SMILES string of the molecule is Cc1cc(CN2CCC[C@@H]2[C@@H]2COCC[C@H]2O)c2ccccc2n1. The Hall–Kier alpha value is -1.49. The number of aliphatic hydroxyl groups is 1.